The number of amides is 1. The number of nitrogens with zero attached hydrogens (tertiary/aromatic N) is 2. The maximum absolute atomic E-state index is 12.4. The normalized spacial score (nSPS) is 10.4. The minimum atomic E-state index is -1.09. The van der Waals surface area contributed by atoms with E-state index < -0.39 is 11.9 Å². The average molecular weight is 330 g/mol. The number of rotatable bonds is 4. The number of hydrogen-bond donors (Lipinski definition) is 3. The van der Waals surface area contributed by atoms with Crippen LogP contribution in [0.4, 0.5) is 11.6 Å². The number of carboxylic acid groups (broad SMARTS) is 1. The van der Waals surface area contributed by atoms with Crippen LogP contribution >= 0.6 is 11.3 Å². The van der Waals surface area contributed by atoms with Crippen molar-refractivity contribution in [3.8, 4) is 10.7 Å². The number of nitrogens with one attached hydrogen (secondary N) is 1. The molecule has 3 rings (SSSR count). The first kappa shape index (κ1) is 14.7. The summed E-state index contributed by atoms with van der Waals surface area (Å²) in [5, 5.41) is 17.5. The van der Waals surface area contributed by atoms with E-state index in [0.29, 0.717) is 10.7 Å². The van der Waals surface area contributed by atoms with Gasteiger partial charge in [0.15, 0.2) is 5.69 Å². The molecule has 0 saturated carbocycles. The smallest absolute Gasteiger partial charge is 0.335 e. The van der Waals surface area contributed by atoms with Crippen molar-refractivity contribution in [3.05, 3.63) is 47.0 Å². The molecule has 0 bridgehead atoms. The second-order valence-electron chi connectivity index (χ2n) is 4.45. The summed E-state index contributed by atoms with van der Waals surface area (Å²) in [6.45, 7) is 0. The summed E-state index contributed by atoms with van der Waals surface area (Å²) in [6, 6.07) is 5.86. The second kappa shape index (κ2) is 5.89. The predicted molar refractivity (Wildman–Crippen MR) is 83.4 cm³/mol. The van der Waals surface area contributed by atoms with E-state index >= 15 is 0 Å². The van der Waals surface area contributed by atoms with Gasteiger partial charge in [0.1, 0.15) is 10.6 Å². The molecule has 0 atom stereocenters. The molecule has 0 aliphatic heterocycles. The van der Waals surface area contributed by atoms with E-state index in [-0.39, 0.29) is 22.7 Å². The van der Waals surface area contributed by atoms with Gasteiger partial charge in [-0.1, -0.05) is 11.2 Å². The topological polar surface area (TPSA) is 131 Å². The number of anilines is 2. The first-order valence-corrected chi connectivity index (χ1v) is 7.24. The van der Waals surface area contributed by atoms with Crippen molar-refractivity contribution in [1.29, 1.82) is 0 Å². The maximum Gasteiger partial charge on any atom is 0.335 e. The van der Waals surface area contributed by atoms with Gasteiger partial charge in [-0.2, -0.15) is 0 Å². The highest BCUT2D eigenvalue weighted by Gasteiger charge is 2.24. The number of nitrogen functional groups attached to an aromatic ring is 1. The van der Waals surface area contributed by atoms with Crippen molar-refractivity contribution < 1.29 is 19.2 Å². The van der Waals surface area contributed by atoms with Crippen molar-refractivity contribution >= 4 is 34.8 Å². The number of aromatic nitrogens is 2. The molecular formula is C14H10N4O4S. The average Bonchev–Trinajstić information content (AvgIpc) is 3.16. The number of benzene rings is 1. The summed E-state index contributed by atoms with van der Waals surface area (Å²) in [5.41, 5.74) is 6.35. The summed E-state index contributed by atoms with van der Waals surface area (Å²) < 4.78 is 4.88. The molecule has 4 N–H and O–H groups in total. The van der Waals surface area contributed by atoms with Crippen LogP contribution in [-0.4, -0.2) is 27.1 Å². The van der Waals surface area contributed by atoms with E-state index in [1.54, 1.807) is 17.6 Å². The molecule has 0 saturated heterocycles. The fraction of sp³-hybridized carbons (Fsp3) is 0. The van der Waals surface area contributed by atoms with Gasteiger partial charge in [-0.25, -0.2) is 9.78 Å². The predicted octanol–water partition coefficient (Wildman–Crippen LogP) is 2.33. The van der Waals surface area contributed by atoms with Crippen LogP contribution in [0, 0.1) is 0 Å². The summed E-state index contributed by atoms with van der Waals surface area (Å²) in [5.74, 6) is -1.78. The van der Waals surface area contributed by atoms with E-state index in [9.17, 15) is 9.59 Å². The van der Waals surface area contributed by atoms with Gasteiger partial charge in [0.2, 0.25) is 5.88 Å². The molecule has 1 aromatic carbocycles. The lowest BCUT2D eigenvalue weighted by Crippen LogP contribution is -2.14. The Morgan fingerprint density at radius 1 is 1.35 bits per heavy atom. The first-order valence-electron chi connectivity index (χ1n) is 6.36. The van der Waals surface area contributed by atoms with E-state index in [1.807, 2.05) is 0 Å². The molecule has 0 aliphatic carbocycles. The van der Waals surface area contributed by atoms with Crippen LogP contribution in [0.1, 0.15) is 20.7 Å². The Morgan fingerprint density at radius 2 is 2.17 bits per heavy atom. The number of hydrogen-bond acceptors (Lipinski definition) is 7. The third-order valence-electron chi connectivity index (χ3n) is 2.95. The van der Waals surface area contributed by atoms with Gasteiger partial charge in [-0.15, -0.1) is 11.3 Å². The summed E-state index contributed by atoms with van der Waals surface area (Å²) in [7, 11) is 0. The molecule has 2 heterocycles. The Labute approximate surface area is 133 Å². The highest BCUT2D eigenvalue weighted by atomic mass is 32.1. The third kappa shape index (κ3) is 2.90. The Morgan fingerprint density at radius 3 is 2.87 bits per heavy atom. The van der Waals surface area contributed by atoms with Crippen LogP contribution in [0.2, 0.25) is 0 Å². The Kier molecular flexibility index (Phi) is 3.77. The summed E-state index contributed by atoms with van der Waals surface area (Å²) >= 11 is 1.29. The minimum Gasteiger partial charge on any atom is -0.478 e. The molecule has 0 unspecified atom stereocenters. The minimum absolute atomic E-state index is 0.0562. The number of carboxylic acids is 1. The lowest BCUT2D eigenvalue weighted by Gasteiger charge is -2.05. The van der Waals surface area contributed by atoms with Crippen LogP contribution in [-0.2, 0) is 0 Å². The van der Waals surface area contributed by atoms with Gasteiger partial charge in [-0.3, -0.25) is 4.79 Å². The Bertz CT molecular complexity index is 873. The van der Waals surface area contributed by atoms with Gasteiger partial charge in [0.05, 0.1) is 5.56 Å². The monoisotopic (exact) mass is 330 g/mol. The maximum atomic E-state index is 12.4. The number of thiazole rings is 1. The standard InChI is InChI=1S/C14H10N4O4S/c15-11-9(10(18-22-11)13-16-4-5-23-13)12(19)17-8-3-1-2-7(6-8)14(20)21/h1-6H,15H2,(H,17,19)(H,20,21). The van der Waals surface area contributed by atoms with Gasteiger partial charge >= 0.3 is 5.97 Å². The van der Waals surface area contributed by atoms with Crippen molar-refractivity contribution in [1.82, 2.24) is 10.1 Å². The fourth-order valence-corrected chi connectivity index (χ4v) is 2.56. The third-order valence-corrected chi connectivity index (χ3v) is 3.73. The number of carbonyl (C=O) groups is 2. The zero-order chi connectivity index (χ0) is 16.4. The molecule has 116 valence electrons. The molecule has 2 aromatic heterocycles. The first-order chi connectivity index (χ1) is 11.1. The van der Waals surface area contributed by atoms with Gasteiger partial charge in [0.25, 0.3) is 5.91 Å². The van der Waals surface area contributed by atoms with Crippen LogP contribution < -0.4 is 11.1 Å². The lowest BCUT2D eigenvalue weighted by molar-refractivity contribution is 0.0696. The highest BCUT2D eigenvalue weighted by Crippen LogP contribution is 2.29. The zero-order valence-corrected chi connectivity index (χ0v) is 12.3. The van der Waals surface area contributed by atoms with E-state index in [2.05, 4.69) is 15.5 Å². The van der Waals surface area contributed by atoms with E-state index in [0.717, 1.165) is 0 Å². The highest BCUT2D eigenvalue weighted by molar-refractivity contribution is 7.13. The van der Waals surface area contributed by atoms with Crippen LogP contribution in [0.5, 0.6) is 0 Å². The van der Waals surface area contributed by atoms with Crippen molar-refractivity contribution in [2.45, 2.75) is 0 Å². The van der Waals surface area contributed by atoms with E-state index in [1.165, 1.54) is 29.5 Å². The number of carbonyl (C=O) groups excluding carboxylic acids is 1. The molecular weight excluding hydrogens is 320 g/mol. The second-order valence-corrected chi connectivity index (χ2v) is 5.34. The number of aromatic carboxylic acids is 1. The van der Waals surface area contributed by atoms with Gasteiger partial charge in [0, 0.05) is 17.3 Å². The largest absolute Gasteiger partial charge is 0.478 e. The summed E-state index contributed by atoms with van der Waals surface area (Å²) in [4.78, 5) is 27.5. The molecule has 3 aromatic rings. The van der Waals surface area contributed by atoms with Crippen molar-refractivity contribution in [2.24, 2.45) is 0 Å². The van der Waals surface area contributed by atoms with Crippen LogP contribution in [0.25, 0.3) is 10.7 Å². The van der Waals surface area contributed by atoms with Crippen molar-refractivity contribution in [2.75, 3.05) is 11.1 Å². The van der Waals surface area contributed by atoms with Crippen LogP contribution in [0.3, 0.4) is 0 Å². The number of nitrogens with two attached hydrogens (primary N) is 1. The molecule has 23 heavy (non-hydrogen) atoms. The molecule has 1 amide bonds. The Hall–Kier alpha value is -3.20. The lowest BCUT2D eigenvalue weighted by atomic mass is 10.2. The quantitative estimate of drug-likeness (QED) is 0.669. The SMILES string of the molecule is Nc1onc(-c2nccs2)c1C(=O)Nc1cccc(C(=O)O)c1. The Balaban J connectivity index is 1.91. The fourth-order valence-electron chi connectivity index (χ4n) is 1.93. The molecule has 8 nitrogen and oxygen atoms in total. The summed E-state index contributed by atoms with van der Waals surface area (Å²) in [6.07, 6.45) is 1.57. The molecule has 0 spiro atoms. The van der Waals surface area contributed by atoms with Crippen molar-refractivity contribution in [3.63, 3.8) is 0 Å². The van der Waals surface area contributed by atoms with Gasteiger partial charge < -0.3 is 20.7 Å². The molecule has 0 radical (unpaired) electrons. The van der Waals surface area contributed by atoms with Gasteiger partial charge in [-0.05, 0) is 18.2 Å². The molecule has 0 fully saturated rings. The van der Waals surface area contributed by atoms with Crippen LogP contribution in [0.15, 0.2) is 40.4 Å². The van der Waals surface area contributed by atoms with E-state index in [4.69, 9.17) is 15.4 Å². The zero-order valence-electron chi connectivity index (χ0n) is 11.5. The molecule has 0 aliphatic rings. The molecule has 9 heteroatoms.